The standard InChI is InChI=1S/C15H22N4O2S2/c1-4-13-5-6-14(22-13)23(20,21)19-9-7-18(8-10-19)15-11(2)16-17-12(15)3/h5-6H,4,7-10H2,1-3H3,(H,16,17). The number of aromatic amines is 1. The topological polar surface area (TPSA) is 69.3 Å². The Bertz CT molecular complexity index is 767. The number of nitrogens with zero attached hydrogens (tertiary/aromatic N) is 3. The van der Waals surface area contributed by atoms with Gasteiger partial charge >= 0.3 is 0 Å². The van der Waals surface area contributed by atoms with Crippen LogP contribution in [-0.2, 0) is 16.4 Å². The number of piperazine rings is 1. The summed E-state index contributed by atoms with van der Waals surface area (Å²) < 4.78 is 27.5. The lowest BCUT2D eigenvalue weighted by Gasteiger charge is -2.35. The number of nitrogens with one attached hydrogen (secondary N) is 1. The number of thiophene rings is 1. The molecule has 2 aromatic heterocycles. The fourth-order valence-electron chi connectivity index (χ4n) is 2.98. The zero-order chi connectivity index (χ0) is 16.6. The molecule has 0 amide bonds. The molecule has 0 saturated carbocycles. The van der Waals surface area contributed by atoms with Gasteiger partial charge < -0.3 is 4.90 Å². The lowest BCUT2D eigenvalue weighted by molar-refractivity contribution is 0.385. The molecule has 2 aromatic rings. The van der Waals surface area contributed by atoms with Gasteiger partial charge in [0, 0.05) is 31.1 Å². The first kappa shape index (κ1) is 16.5. The molecule has 0 atom stereocenters. The number of sulfonamides is 1. The van der Waals surface area contributed by atoms with Crippen LogP contribution in [0, 0.1) is 13.8 Å². The number of hydrogen-bond donors (Lipinski definition) is 1. The molecule has 0 spiro atoms. The summed E-state index contributed by atoms with van der Waals surface area (Å²) >= 11 is 1.38. The number of aryl methyl sites for hydroxylation is 3. The molecule has 3 rings (SSSR count). The van der Waals surface area contributed by atoms with Crippen LogP contribution in [0.5, 0.6) is 0 Å². The van der Waals surface area contributed by atoms with E-state index < -0.39 is 10.0 Å². The molecule has 1 aliphatic rings. The minimum Gasteiger partial charge on any atom is -0.366 e. The Hall–Kier alpha value is -1.38. The monoisotopic (exact) mass is 354 g/mol. The van der Waals surface area contributed by atoms with E-state index in [2.05, 4.69) is 15.1 Å². The Morgan fingerprint density at radius 3 is 2.43 bits per heavy atom. The van der Waals surface area contributed by atoms with Crippen molar-refractivity contribution < 1.29 is 8.42 Å². The van der Waals surface area contributed by atoms with Crippen LogP contribution in [0.15, 0.2) is 16.3 Å². The van der Waals surface area contributed by atoms with Crippen LogP contribution in [0.4, 0.5) is 5.69 Å². The van der Waals surface area contributed by atoms with Crippen molar-refractivity contribution in [2.24, 2.45) is 0 Å². The van der Waals surface area contributed by atoms with Gasteiger partial charge in [0.25, 0.3) is 10.0 Å². The summed E-state index contributed by atoms with van der Waals surface area (Å²) in [6.07, 6.45) is 0.868. The van der Waals surface area contributed by atoms with Crippen molar-refractivity contribution in [1.82, 2.24) is 14.5 Å². The van der Waals surface area contributed by atoms with Crippen LogP contribution in [0.2, 0.25) is 0 Å². The number of anilines is 1. The van der Waals surface area contributed by atoms with E-state index in [-0.39, 0.29) is 0 Å². The van der Waals surface area contributed by atoms with Gasteiger partial charge in [-0.1, -0.05) is 6.92 Å². The average Bonchev–Trinajstić information content (AvgIpc) is 3.15. The van der Waals surface area contributed by atoms with E-state index in [1.54, 1.807) is 10.4 Å². The Morgan fingerprint density at radius 1 is 1.22 bits per heavy atom. The second-order valence-corrected chi connectivity index (χ2v) is 9.08. The molecular weight excluding hydrogens is 332 g/mol. The van der Waals surface area contributed by atoms with E-state index in [0.29, 0.717) is 30.4 Å². The van der Waals surface area contributed by atoms with Crippen LogP contribution >= 0.6 is 11.3 Å². The molecule has 0 bridgehead atoms. The molecule has 0 aliphatic carbocycles. The molecular formula is C15H22N4O2S2. The SMILES string of the molecule is CCc1ccc(S(=O)(=O)N2CCN(c3c(C)n[nH]c3C)CC2)s1. The number of aromatic nitrogens is 2. The molecule has 6 nitrogen and oxygen atoms in total. The van der Waals surface area contributed by atoms with Gasteiger partial charge in [-0.15, -0.1) is 11.3 Å². The predicted octanol–water partition coefficient (Wildman–Crippen LogP) is 2.16. The largest absolute Gasteiger partial charge is 0.366 e. The van der Waals surface area contributed by atoms with E-state index in [9.17, 15) is 8.42 Å². The average molecular weight is 355 g/mol. The molecule has 1 saturated heterocycles. The maximum Gasteiger partial charge on any atom is 0.252 e. The second-order valence-electron chi connectivity index (χ2n) is 5.75. The highest BCUT2D eigenvalue weighted by Crippen LogP contribution is 2.28. The first-order chi connectivity index (χ1) is 10.9. The zero-order valence-corrected chi connectivity index (χ0v) is 15.3. The highest BCUT2D eigenvalue weighted by atomic mass is 32.2. The van der Waals surface area contributed by atoms with E-state index in [1.165, 1.54) is 11.3 Å². The molecule has 126 valence electrons. The van der Waals surface area contributed by atoms with Gasteiger partial charge in [-0.25, -0.2) is 8.42 Å². The van der Waals surface area contributed by atoms with Crippen LogP contribution in [0.1, 0.15) is 23.2 Å². The number of hydrogen-bond acceptors (Lipinski definition) is 5. The summed E-state index contributed by atoms with van der Waals surface area (Å²) in [7, 11) is -3.36. The molecule has 3 heterocycles. The van der Waals surface area contributed by atoms with Crippen molar-refractivity contribution in [3.63, 3.8) is 0 Å². The van der Waals surface area contributed by atoms with E-state index >= 15 is 0 Å². The van der Waals surface area contributed by atoms with Crippen molar-refractivity contribution in [2.45, 2.75) is 31.4 Å². The smallest absolute Gasteiger partial charge is 0.252 e. The Kier molecular flexibility index (Phi) is 4.48. The molecule has 23 heavy (non-hydrogen) atoms. The molecule has 0 unspecified atom stereocenters. The first-order valence-electron chi connectivity index (χ1n) is 7.79. The third-order valence-electron chi connectivity index (χ3n) is 4.22. The highest BCUT2D eigenvalue weighted by Gasteiger charge is 2.30. The highest BCUT2D eigenvalue weighted by molar-refractivity contribution is 7.91. The molecule has 0 aromatic carbocycles. The maximum absolute atomic E-state index is 12.7. The molecule has 1 N–H and O–H groups in total. The number of rotatable bonds is 4. The Morgan fingerprint density at radius 2 is 1.91 bits per heavy atom. The van der Waals surface area contributed by atoms with Crippen molar-refractivity contribution in [3.8, 4) is 0 Å². The van der Waals surface area contributed by atoms with Crippen molar-refractivity contribution in [2.75, 3.05) is 31.1 Å². The van der Waals surface area contributed by atoms with E-state index in [0.717, 1.165) is 28.4 Å². The molecule has 8 heteroatoms. The summed E-state index contributed by atoms with van der Waals surface area (Å²) in [5, 5.41) is 7.21. The van der Waals surface area contributed by atoms with Gasteiger partial charge in [0.05, 0.1) is 17.1 Å². The van der Waals surface area contributed by atoms with Crippen molar-refractivity contribution in [3.05, 3.63) is 28.4 Å². The van der Waals surface area contributed by atoms with Gasteiger partial charge in [0.15, 0.2) is 0 Å². The van der Waals surface area contributed by atoms with Gasteiger partial charge in [0.2, 0.25) is 0 Å². The summed E-state index contributed by atoms with van der Waals surface area (Å²) in [5.74, 6) is 0. The lowest BCUT2D eigenvalue weighted by Crippen LogP contribution is -2.48. The molecule has 0 radical (unpaired) electrons. The summed E-state index contributed by atoms with van der Waals surface area (Å²) in [4.78, 5) is 3.32. The van der Waals surface area contributed by atoms with E-state index in [1.807, 2.05) is 26.8 Å². The van der Waals surface area contributed by atoms with E-state index in [4.69, 9.17) is 0 Å². The summed E-state index contributed by atoms with van der Waals surface area (Å²) in [6, 6.07) is 3.64. The molecule has 1 aliphatic heterocycles. The fourth-order valence-corrected chi connectivity index (χ4v) is 5.85. The fraction of sp³-hybridized carbons (Fsp3) is 0.533. The minimum atomic E-state index is -3.36. The summed E-state index contributed by atoms with van der Waals surface area (Å²) in [5.41, 5.74) is 3.10. The van der Waals surface area contributed by atoms with Gasteiger partial charge in [0.1, 0.15) is 4.21 Å². The quantitative estimate of drug-likeness (QED) is 0.913. The third kappa shape index (κ3) is 3.02. The normalized spacial score (nSPS) is 16.9. The predicted molar refractivity (Wildman–Crippen MR) is 92.7 cm³/mol. The van der Waals surface area contributed by atoms with Gasteiger partial charge in [-0.3, -0.25) is 5.10 Å². The van der Waals surface area contributed by atoms with Crippen LogP contribution in [-0.4, -0.2) is 49.1 Å². The van der Waals surface area contributed by atoms with Crippen molar-refractivity contribution >= 4 is 27.0 Å². The molecule has 1 fully saturated rings. The van der Waals surface area contributed by atoms with Gasteiger partial charge in [-0.2, -0.15) is 9.40 Å². The minimum absolute atomic E-state index is 0.457. The van der Waals surface area contributed by atoms with Crippen LogP contribution in [0.25, 0.3) is 0 Å². The third-order valence-corrected chi connectivity index (χ3v) is 7.82. The Labute approximate surface area is 141 Å². The van der Waals surface area contributed by atoms with Gasteiger partial charge in [-0.05, 0) is 32.4 Å². The maximum atomic E-state index is 12.7. The van der Waals surface area contributed by atoms with Crippen LogP contribution in [0.3, 0.4) is 0 Å². The first-order valence-corrected chi connectivity index (χ1v) is 10.0. The van der Waals surface area contributed by atoms with Crippen LogP contribution < -0.4 is 4.90 Å². The van der Waals surface area contributed by atoms with Crippen molar-refractivity contribution in [1.29, 1.82) is 0 Å². The lowest BCUT2D eigenvalue weighted by atomic mass is 10.2. The Balaban J connectivity index is 1.73. The number of H-pyrrole nitrogens is 1. The second kappa shape index (κ2) is 6.26. The zero-order valence-electron chi connectivity index (χ0n) is 13.7. The summed E-state index contributed by atoms with van der Waals surface area (Å²) in [6.45, 7) is 8.39.